The van der Waals surface area contributed by atoms with Gasteiger partial charge in [0.2, 0.25) is 13.6 Å². The van der Waals surface area contributed by atoms with Crippen molar-refractivity contribution < 1.29 is 18.9 Å². The molecule has 5 heteroatoms. The Labute approximate surface area is 234 Å². The van der Waals surface area contributed by atoms with Gasteiger partial charge in [-0.1, -0.05) is 79.8 Å². The third-order valence-corrected chi connectivity index (χ3v) is 8.41. The Kier molecular flexibility index (Phi) is 5.90. The molecule has 200 valence electrons. The first-order valence-electron chi connectivity index (χ1n) is 13.7. The maximum Gasteiger partial charge on any atom is 0.231 e. The standard InChI is InChI=1S/C35H31NO4/c1-3-34(36)35(2)28-16-22(4-6-24-10-14-30-32(18-24)39-20-37-30)8-12-26(28)27-13-9-23(17-29(27)35)5-7-25-11-15-31-33(19-25)40-21-38-31/h4-19,34H,3,20-21,36H2,1-2H3/b6-4+,7-5+. The largest absolute Gasteiger partial charge is 0.454 e. The molecule has 0 aromatic heterocycles. The molecule has 1 unspecified atom stereocenters. The topological polar surface area (TPSA) is 62.9 Å². The quantitative estimate of drug-likeness (QED) is 0.262. The van der Waals surface area contributed by atoms with E-state index in [0.29, 0.717) is 0 Å². The van der Waals surface area contributed by atoms with Gasteiger partial charge in [-0.3, -0.25) is 0 Å². The van der Waals surface area contributed by atoms with Gasteiger partial charge in [-0.15, -0.1) is 0 Å². The minimum atomic E-state index is -0.301. The van der Waals surface area contributed by atoms with Crippen molar-refractivity contribution in [2.75, 3.05) is 13.6 Å². The molecule has 7 rings (SSSR count). The maximum absolute atomic E-state index is 6.89. The van der Waals surface area contributed by atoms with E-state index in [9.17, 15) is 0 Å². The predicted octanol–water partition coefficient (Wildman–Crippen LogP) is 7.51. The van der Waals surface area contributed by atoms with Crippen molar-refractivity contribution >= 4 is 24.3 Å². The zero-order valence-electron chi connectivity index (χ0n) is 22.6. The molecule has 40 heavy (non-hydrogen) atoms. The molecule has 0 radical (unpaired) electrons. The van der Waals surface area contributed by atoms with Gasteiger partial charge >= 0.3 is 0 Å². The lowest BCUT2D eigenvalue weighted by molar-refractivity contribution is 0.173. The lowest BCUT2D eigenvalue weighted by Crippen LogP contribution is -2.42. The summed E-state index contributed by atoms with van der Waals surface area (Å²) in [5.74, 6) is 3.16. The first kappa shape index (κ1) is 24.6. The molecule has 3 aliphatic rings. The van der Waals surface area contributed by atoms with Crippen molar-refractivity contribution in [2.24, 2.45) is 5.73 Å². The first-order valence-corrected chi connectivity index (χ1v) is 13.7. The van der Waals surface area contributed by atoms with Crippen molar-refractivity contribution in [3.05, 3.63) is 106 Å². The van der Waals surface area contributed by atoms with E-state index in [2.05, 4.69) is 74.5 Å². The van der Waals surface area contributed by atoms with Gasteiger partial charge in [0.25, 0.3) is 0 Å². The van der Waals surface area contributed by atoms with E-state index in [1.54, 1.807) is 0 Å². The summed E-state index contributed by atoms with van der Waals surface area (Å²) >= 11 is 0. The van der Waals surface area contributed by atoms with Crippen LogP contribution in [-0.4, -0.2) is 19.6 Å². The smallest absolute Gasteiger partial charge is 0.231 e. The van der Waals surface area contributed by atoms with Crippen molar-refractivity contribution in [3.8, 4) is 34.1 Å². The molecule has 4 aromatic rings. The Hall–Kier alpha value is -4.48. The van der Waals surface area contributed by atoms with Gasteiger partial charge in [0.1, 0.15) is 0 Å². The Balaban J connectivity index is 1.21. The van der Waals surface area contributed by atoms with Gasteiger partial charge in [0.05, 0.1) is 0 Å². The fourth-order valence-electron chi connectivity index (χ4n) is 6.03. The third kappa shape index (κ3) is 4.05. The van der Waals surface area contributed by atoms with Crippen LogP contribution in [0.15, 0.2) is 72.8 Å². The second kappa shape index (κ2) is 9.61. The summed E-state index contributed by atoms with van der Waals surface area (Å²) in [6.45, 7) is 5.02. The van der Waals surface area contributed by atoms with E-state index in [1.165, 1.54) is 22.3 Å². The second-order valence-electron chi connectivity index (χ2n) is 10.7. The number of ether oxygens (including phenoxy) is 4. The SMILES string of the molecule is CCC(N)C1(C)c2cc(/C=C/c3ccc4c(c3)OCO4)ccc2-c2ccc(/C=C/c3ccc4c(c3)OCO4)cc21. The zero-order chi connectivity index (χ0) is 27.3. The second-order valence-corrected chi connectivity index (χ2v) is 10.7. The molecule has 2 N–H and O–H groups in total. The van der Waals surface area contributed by atoms with Crippen LogP contribution in [0.5, 0.6) is 23.0 Å². The van der Waals surface area contributed by atoms with Gasteiger partial charge < -0.3 is 24.7 Å². The average molecular weight is 530 g/mol. The van der Waals surface area contributed by atoms with Crippen molar-refractivity contribution in [1.82, 2.24) is 0 Å². The van der Waals surface area contributed by atoms with Gasteiger partial charge in [0, 0.05) is 11.5 Å². The summed E-state index contributed by atoms with van der Waals surface area (Å²) in [7, 11) is 0. The highest BCUT2D eigenvalue weighted by Crippen LogP contribution is 2.51. The van der Waals surface area contributed by atoms with Crippen LogP contribution in [0.4, 0.5) is 0 Å². The molecule has 5 nitrogen and oxygen atoms in total. The van der Waals surface area contributed by atoms with Crippen LogP contribution in [-0.2, 0) is 5.41 Å². The van der Waals surface area contributed by atoms with Gasteiger partial charge in [-0.05, 0) is 82.1 Å². The molecule has 2 aliphatic heterocycles. The number of fused-ring (bicyclic) bond motifs is 5. The Morgan fingerprint density at radius 1 is 0.625 bits per heavy atom. The van der Waals surface area contributed by atoms with Crippen LogP contribution in [0.25, 0.3) is 35.4 Å². The third-order valence-electron chi connectivity index (χ3n) is 8.41. The number of hydrogen-bond acceptors (Lipinski definition) is 5. The molecule has 0 bridgehead atoms. The predicted molar refractivity (Wildman–Crippen MR) is 160 cm³/mol. The molecule has 0 saturated carbocycles. The van der Waals surface area contributed by atoms with Gasteiger partial charge in [-0.25, -0.2) is 0 Å². The summed E-state index contributed by atoms with van der Waals surface area (Å²) in [6, 6.07) is 25.5. The summed E-state index contributed by atoms with van der Waals surface area (Å²) in [5, 5.41) is 0. The van der Waals surface area contributed by atoms with Crippen LogP contribution >= 0.6 is 0 Å². The fraction of sp³-hybridized carbons (Fsp3) is 0.200. The Morgan fingerprint density at radius 2 is 1.02 bits per heavy atom. The molecule has 0 spiro atoms. The van der Waals surface area contributed by atoms with Crippen LogP contribution in [0.3, 0.4) is 0 Å². The van der Waals surface area contributed by atoms with Crippen LogP contribution in [0.2, 0.25) is 0 Å². The van der Waals surface area contributed by atoms with Gasteiger partial charge in [-0.2, -0.15) is 0 Å². The molecule has 2 heterocycles. The number of nitrogens with two attached hydrogens (primary N) is 1. The number of hydrogen-bond donors (Lipinski definition) is 1. The Bertz CT molecular complexity index is 1570. The minimum Gasteiger partial charge on any atom is -0.454 e. The van der Waals surface area contributed by atoms with Crippen LogP contribution < -0.4 is 24.7 Å². The molecule has 4 aromatic carbocycles. The van der Waals surface area contributed by atoms with Crippen LogP contribution in [0, 0.1) is 0 Å². The summed E-state index contributed by atoms with van der Waals surface area (Å²) in [5.41, 5.74) is 16.1. The maximum atomic E-state index is 6.89. The lowest BCUT2D eigenvalue weighted by Gasteiger charge is -2.33. The molecule has 0 amide bonds. The van der Waals surface area contributed by atoms with E-state index in [4.69, 9.17) is 24.7 Å². The molecular formula is C35H31NO4. The normalized spacial score (nSPS) is 16.5. The average Bonchev–Trinajstić information content (AvgIpc) is 3.71. The lowest BCUT2D eigenvalue weighted by atomic mass is 9.72. The van der Waals surface area contributed by atoms with Crippen molar-refractivity contribution in [3.63, 3.8) is 0 Å². The van der Waals surface area contributed by atoms with Crippen molar-refractivity contribution in [1.29, 1.82) is 0 Å². The summed E-state index contributed by atoms with van der Waals surface area (Å²) < 4.78 is 22.0. The molecule has 0 fully saturated rings. The van der Waals surface area contributed by atoms with E-state index >= 15 is 0 Å². The zero-order valence-corrected chi connectivity index (χ0v) is 22.6. The highest BCUT2D eigenvalue weighted by Gasteiger charge is 2.43. The first-order chi connectivity index (χ1) is 19.5. The van der Waals surface area contributed by atoms with Crippen LogP contribution in [0.1, 0.15) is 53.6 Å². The van der Waals surface area contributed by atoms with E-state index in [1.807, 2.05) is 36.4 Å². The molecule has 1 aliphatic carbocycles. The fourth-order valence-corrected chi connectivity index (χ4v) is 6.03. The highest BCUT2D eigenvalue weighted by molar-refractivity contribution is 5.85. The minimum absolute atomic E-state index is 0.0197. The molecular weight excluding hydrogens is 498 g/mol. The van der Waals surface area contributed by atoms with E-state index in [0.717, 1.165) is 51.7 Å². The monoisotopic (exact) mass is 529 g/mol. The van der Waals surface area contributed by atoms with Gasteiger partial charge in [0.15, 0.2) is 23.0 Å². The van der Waals surface area contributed by atoms with E-state index in [-0.39, 0.29) is 25.0 Å². The Morgan fingerprint density at radius 3 is 1.48 bits per heavy atom. The molecule has 1 atom stereocenters. The molecule has 0 saturated heterocycles. The van der Waals surface area contributed by atoms with E-state index < -0.39 is 0 Å². The highest BCUT2D eigenvalue weighted by atomic mass is 16.7. The summed E-state index contributed by atoms with van der Waals surface area (Å²) in [4.78, 5) is 0. The number of benzene rings is 4. The summed E-state index contributed by atoms with van der Waals surface area (Å²) in [6.07, 6.45) is 9.41. The number of rotatable bonds is 6. The van der Waals surface area contributed by atoms with Crippen molar-refractivity contribution in [2.45, 2.75) is 31.7 Å².